The first-order valence-corrected chi connectivity index (χ1v) is 21.6. The fourth-order valence-corrected chi connectivity index (χ4v) is 7.03. The van der Waals surface area contributed by atoms with Gasteiger partial charge in [0.15, 0.2) is 0 Å². The fourth-order valence-electron chi connectivity index (χ4n) is 7.03. The summed E-state index contributed by atoms with van der Waals surface area (Å²) in [5, 5.41) is 0. The van der Waals surface area contributed by atoms with Gasteiger partial charge in [0.2, 0.25) is 17.7 Å². The molecule has 3 saturated heterocycles. The third-order valence-electron chi connectivity index (χ3n) is 11.6. The second kappa shape index (κ2) is 23.4. The van der Waals surface area contributed by atoms with Crippen LogP contribution < -0.4 is 0 Å². The van der Waals surface area contributed by atoms with E-state index in [0.29, 0.717) is 25.7 Å². The van der Waals surface area contributed by atoms with Gasteiger partial charge in [-0.15, -0.1) is 0 Å². The van der Waals surface area contributed by atoms with Gasteiger partial charge in [-0.1, -0.05) is 182 Å². The number of carbonyl (C=O) groups excluding carboxylic acids is 6. The van der Waals surface area contributed by atoms with Gasteiger partial charge in [0.05, 0.1) is 18.1 Å². The molecule has 0 aliphatic carbocycles. The highest BCUT2D eigenvalue weighted by molar-refractivity contribution is 5.96. The Labute approximate surface area is 383 Å². The number of imide groups is 3. The summed E-state index contributed by atoms with van der Waals surface area (Å²) in [5.74, 6) is -0.916. The zero-order valence-electron chi connectivity index (χ0n) is 38.5. The molecular weight excluding hydrogens is 811 g/mol. The highest BCUT2D eigenvalue weighted by Crippen LogP contribution is 2.32. The minimum absolute atomic E-state index is 0. The lowest BCUT2D eigenvalue weighted by Gasteiger charge is -2.30. The molecule has 3 fully saturated rings. The van der Waals surface area contributed by atoms with Gasteiger partial charge in [0.25, 0.3) is 0 Å². The number of benzene rings is 3. The predicted octanol–water partition coefficient (Wildman–Crippen LogP) is 10.8. The van der Waals surface area contributed by atoms with Crippen molar-refractivity contribution in [2.75, 3.05) is 19.8 Å². The average Bonchev–Trinajstić information content (AvgIpc) is 3.88. The van der Waals surface area contributed by atoms with Crippen molar-refractivity contribution in [2.45, 2.75) is 135 Å². The molecular formula is C52H75N3O9. The molecule has 64 heavy (non-hydrogen) atoms. The van der Waals surface area contributed by atoms with Gasteiger partial charge in [-0.2, -0.15) is 0 Å². The summed E-state index contributed by atoms with van der Waals surface area (Å²) >= 11 is 0. The number of carbonyl (C=O) groups is 6. The summed E-state index contributed by atoms with van der Waals surface area (Å²) in [4.78, 5) is 77.1. The first-order valence-electron chi connectivity index (χ1n) is 21.6. The van der Waals surface area contributed by atoms with E-state index in [4.69, 9.17) is 14.2 Å². The number of cyclic esters (lactones) is 3. The normalized spacial score (nSPS) is 19.3. The quantitative estimate of drug-likeness (QED) is 0.192. The lowest BCUT2D eigenvalue weighted by Crippen LogP contribution is -2.45. The monoisotopic (exact) mass is 886 g/mol. The number of hydrogen-bond acceptors (Lipinski definition) is 9. The first kappa shape index (κ1) is 54.6. The molecule has 5 atom stereocenters. The van der Waals surface area contributed by atoms with Crippen molar-refractivity contribution in [1.82, 2.24) is 14.7 Å². The first-order chi connectivity index (χ1) is 29.0. The molecule has 12 heteroatoms. The molecule has 0 saturated carbocycles. The van der Waals surface area contributed by atoms with Gasteiger partial charge in [-0.3, -0.25) is 14.4 Å². The molecule has 12 nitrogen and oxygen atoms in total. The van der Waals surface area contributed by atoms with Crippen molar-refractivity contribution < 1.29 is 43.0 Å². The lowest BCUT2D eigenvalue weighted by atomic mass is 9.81. The predicted molar refractivity (Wildman–Crippen MR) is 251 cm³/mol. The van der Waals surface area contributed by atoms with Crippen LogP contribution in [0, 0.1) is 28.1 Å². The van der Waals surface area contributed by atoms with Crippen molar-refractivity contribution in [3.8, 4) is 0 Å². The Morgan fingerprint density at radius 1 is 0.500 bits per heavy atom. The van der Waals surface area contributed by atoms with Crippen molar-refractivity contribution in [3.63, 3.8) is 0 Å². The molecule has 3 aliphatic rings. The van der Waals surface area contributed by atoms with Crippen LogP contribution in [0.15, 0.2) is 91.0 Å². The molecule has 6 rings (SSSR count). The molecule has 0 N–H and O–H groups in total. The average molecular weight is 886 g/mol. The Hall–Kier alpha value is -5.52. The third-order valence-corrected chi connectivity index (χ3v) is 11.6. The Balaban J connectivity index is 0.000000325. The SMILES string of the molecule is C.C.CC(C)(C)CC(=O)N1C(=O)OC[C@@H]1Cc1ccccc1.C[C@@H](C(=O)N1C(=O)OC[C@@H]1Cc1ccccc1)C(C)(C)C.C[C@H](C(=O)N1C(=O)OC[C@@H]1Cc1ccccc1)C(C)(C)C. The van der Waals surface area contributed by atoms with Crippen molar-refractivity contribution in [1.29, 1.82) is 0 Å². The van der Waals surface area contributed by atoms with Crippen LogP contribution in [0.1, 0.15) is 114 Å². The Morgan fingerprint density at radius 2 is 0.766 bits per heavy atom. The lowest BCUT2D eigenvalue weighted by molar-refractivity contribution is -0.137. The minimum atomic E-state index is -0.517. The highest BCUT2D eigenvalue weighted by atomic mass is 16.6. The summed E-state index contributed by atoms with van der Waals surface area (Å²) in [6.45, 7) is 22.5. The van der Waals surface area contributed by atoms with Gasteiger partial charge in [-0.25, -0.2) is 29.1 Å². The number of hydrogen-bond donors (Lipinski definition) is 0. The maximum absolute atomic E-state index is 12.6. The van der Waals surface area contributed by atoms with Crippen LogP contribution >= 0.6 is 0 Å². The van der Waals surface area contributed by atoms with E-state index in [1.165, 1.54) is 14.7 Å². The van der Waals surface area contributed by atoms with Gasteiger partial charge in [0.1, 0.15) is 19.8 Å². The van der Waals surface area contributed by atoms with Crippen molar-refractivity contribution >= 4 is 36.0 Å². The Kier molecular flexibility index (Phi) is 20.0. The summed E-state index contributed by atoms with van der Waals surface area (Å²) < 4.78 is 15.3. The molecule has 0 radical (unpaired) electrons. The highest BCUT2D eigenvalue weighted by Gasteiger charge is 2.44. The largest absolute Gasteiger partial charge is 0.447 e. The number of rotatable bonds is 9. The standard InChI is InChI=1S/2C17H23NO3.C16H21NO3.2CH4/c2*1-12(17(2,3)4)15(19)18-14(11-21-16(18)20)10-13-8-6-5-7-9-13;1-16(2,3)10-14(18)17-13(11-20-15(17)19)9-12-7-5-4-6-8-12;;/h2*5-9,12,14H,10-11H2,1-4H3;4-8,13H,9-11H2,1-3H3;2*1H4/t12-,14+;12-,14-;13-;;/m100../s1. The van der Waals surface area contributed by atoms with E-state index in [-0.39, 0.29) is 98.6 Å². The van der Waals surface area contributed by atoms with Crippen LogP contribution in [-0.4, -0.2) is 88.6 Å². The van der Waals surface area contributed by atoms with Crippen molar-refractivity contribution in [2.24, 2.45) is 28.1 Å². The summed E-state index contributed by atoms with van der Waals surface area (Å²) in [6, 6.07) is 28.9. The van der Waals surface area contributed by atoms with Gasteiger partial charge >= 0.3 is 18.3 Å². The topological polar surface area (TPSA) is 140 Å². The zero-order chi connectivity index (χ0) is 46.0. The molecule has 352 valence electrons. The maximum Gasteiger partial charge on any atom is 0.416 e. The van der Waals surface area contributed by atoms with Crippen LogP contribution in [0.5, 0.6) is 0 Å². The maximum atomic E-state index is 12.6. The molecule has 3 aromatic rings. The molecule has 0 unspecified atom stereocenters. The third kappa shape index (κ3) is 15.3. The van der Waals surface area contributed by atoms with Crippen molar-refractivity contribution in [3.05, 3.63) is 108 Å². The van der Waals surface area contributed by atoms with E-state index in [9.17, 15) is 28.8 Å². The van der Waals surface area contributed by atoms with E-state index in [1.807, 2.05) is 167 Å². The van der Waals surface area contributed by atoms with Gasteiger partial charge in [-0.05, 0) is 52.2 Å². The Bertz CT molecular complexity index is 1890. The molecule has 0 bridgehead atoms. The van der Waals surface area contributed by atoms with Crippen LogP contribution in [0.25, 0.3) is 0 Å². The molecule has 0 spiro atoms. The van der Waals surface area contributed by atoms with Crippen LogP contribution in [-0.2, 0) is 47.9 Å². The number of nitrogens with zero attached hydrogens (tertiary/aromatic N) is 3. The van der Waals surface area contributed by atoms with E-state index in [0.717, 1.165) is 16.7 Å². The number of ether oxygens (including phenoxy) is 3. The van der Waals surface area contributed by atoms with E-state index < -0.39 is 18.3 Å². The summed E-state index contributed by atoms with van der Waals surface area (Å²) in [7, 11) is 0. The molecule has 0 aromatic heterocycles. The van der Waals surface area contributed by atoms with Crippen LogP contribution in [0.3, 0.4) is 0 Å². The second-order valence-corrected chi connectivity index (χ2v) is 19.9. The zero-order valence-corrected chi connectivity index (χ0v) is 38.5. The van der Waals surface area contributed by atoms with Gasteiger partial charge in [0, 0.05) is 18.3 Å². The number of amides is 6. The van der Waals surface area contributed by atoms with E-state index in [1.54, 1.807) is 0 Å². The second-order valence-electron chi connectivity index (χ2n) is 19.9. The summed E-state index contributed by atoms with van der Waals surface area (Å²) in [5.41, 5.74) is 2.79. The molecule has 6 amide bonds. The van der Waals surface area contributed by atoms with E-state index in [2.05, 4.69) is 0 Å². The van der Waals surface area contributed by atoms with Crippen LogP contribution in [0.4, 0.5) is 14.4 Å². The molecule has 3 heterocycles. The minimum Gasteiger partial charge on any atom is -0.447 e. The summed E-state index contributed by atoms with van der Waals surface area (Å²) in [6.07, 6.45) is 0.703. The smallest absolute Gasteiger partial charge is 0.416 e. The fraction of sp³-hybridized carbons (Fsp3) is 0.538. The van der Waals surface area contributed by atoms with Gasteiger partial charge < -0.3 is 14.2 Å². The molecule has 3 aromatic carbocycles. The van der Waals surface area contributed by atoms with E-state index >= 15 is 0 Å². The Morgan fingerprint density at radius 3 is 1.03 bits per heavy atom. The molecule has 3 aliphatic heterocycles. The van der Waals surface area contributed by atoms with Crippen LogP contribution in [0.2, 0.25) is 0 Å².